The minimum atomic E-state index is 0.353. The number of nitriles is 1. The van der Waals surface area contributed by atoms with Crippen molar-refractivity contribution in [3.8, 4) is 17.3 Å². The largest absolute Gasteiger partial charge is 0.437 e. The molecule has 0 fully saturated rings. The number of aromatic nitrogens is 2. The highest BCUT2D eigenvalue weighted by molar-refractivity contribution is 6.08. The van der Waals surface area contributed by atoms with Crippen LogP contribution in [-0.4, -0.2) is 9.97 Å². The lowest BCUT2D eigenvalue weighted by molar-refractivity contribution is 0.644. The van der Waals surface area contributed by atoms with Gasteiger partial charge in [0.15, 0.2) is 0 Å². The molecule has 4 aromatic rings. The van der Waals surface area contributed by atoms with Gasteiger partial charge in [-0.05, 0) is 54.7 Å². The van der Waals surface area contributed by atoms with E-state index in [0.717, 1.165) is 34.0 Å². The second-order valence-corrected chi connectivity index (χ2v) is 7.04. The van der Waals surface area contributed by atoms with Crippen LogP contribution in [0.2, 0.25) is 0 Å². The molecule has 0 spiro atoms. The van der Waals surface area contributed by atoms with Crippen LogP contribution >= 0.6 is 0 Å². The molecule has 0 atom stereocenters. The van der Waals surface area contributed by atoms with Gasteiger partial charge in [0, 0.05) is 22.5 Å². The quantitative estimate of drug-likeness (QED) is 0.499. The van der Waals surface area contributed by atoms with Gasteiger partial charge in [0.1, 0.15) is 17.3 Å². The first-order valence-electron chi connectivity index (χ1n) is 8.75. The third kappa shape index (κ3) is 2.72. The minimum absolute atomic E-state index is 0.353. The van der Waals surface area contributed by atoms with Crippen molar-refractivity contribution in [2.24, 2.45) is 5.92 Å². The zero-order valence-electron chi connectivity index (χ0n) is 15.1. The predicted octanol–water partition coefficient (Wildman–Crippen LogP) is 5.42. The number of aryl methyl sites for hydroxylation is 1. The topological polar surface area (TPSA) is 62.7 Å². The smallest absolute Gasteiger partial charge is 0.228 e. The lowest BCUT2D eigenvalue weighted by Gasteiger charge is -2.10. The van der Waals surface area contributed by atoms with Gasteiger partial charge in [-0.15, -0.1) is 0 Å². The Morgan fingerprint density at radius 2 is 2.00 bits per heavy atom. The van der Waals surface area contributed by atoms with Crippen molar-refractivity contribution in [3.63, 3.8) is 0 Å². The number of fused-ring (bicyclic) bond motifs is 3. The number of para-hydroxylation sites is 1. The molecule has 0 bridgehead atoms. The maximum absolute atomic E-state index is 9.07. The molecule has 3 aromatic heterocycles. The van der Waals surface area contributed by atoms with Crippen LogP contribution in [0.3, 0.4) is 0 Å². The lowest BCUT2D eigenvalue weighted by Crippen LogP contribution is -1.99. The molecule has 0 unspecified atom stereocenters. The zero-order chi connectivity index (χ0) is 18.3. The van der Waals surface area contributed by atoms with Gasteiger partial charge in [0.2, 0.25) is 5.71 Å². The van der Waals surface area contributed by atoms with E-state index in [-0.39, 0.29) is 0 Å². The van der Waals surface area contributed by atoms with Crippen molar-refractivity contribution >= 4 is 22.1 Å². The van der Waals surface area contributed by atoms with E-state index >= 15 is 0 Å². The lowest BCUT2D eigenvalue weighted by atomic mass is 9.97. The summed E-state index contributed by atoms with van der Waals surface area (Å²) in [7, 11) is 0. The van der Waals surface area contributed by atoms with Crippen LogP contribution in [0.4, 0.5) is 0 Å². The summed E-state index contributed by atoms with van der Waals surface area (Å²) >= 11 is 0. The minimum Gasteiger partial charge on any atom is -0.437 e. The third-order valence-corrected chi connectivity index (χ3v) is 4.60. The van der Waals surface area contributed by atoms with Crippen LogP contribution in [0, 0.1) is 24.2 Å². The van der Waals surface area contributed by atoms with E-state index in [9.17, 15) is 0 Å². The molecule has 4 nitrogen and oxygen atoms in total. The Morgan fingerprint density at radius 3 is 2.77 bits per heavy atom. The molecule has 0 radical (unpaired) electrons. The Kier molecular flexibility index (Phi) is 3.93. The highest BCUT2D eigenvalue weighted by Gasteiger charge is 2.15. The maximum Gasteiger partial charge on any atom is 0.228 e. The second-order valence-electron chi connectivity index (χ2n) is 7.04. The summed E-state index contributed by atoms with van der Waals surface area (Å²) in [6, 6.07) is 13.9. The first kappa shape index (κ1) is 16.3. The number of furan rings is 1. The molecule has 0 aliphatic heterocycles. The predicted molar refractivity (Wildman–Crippen MR) is 103 cm³/mol. The Hall–Kier alpha value is -3.19. The van der Waals surface area contributed by atoms with Crippen LogP contribution < -0.4 is 0 Å². The molecule has 0 saturated carbocycles. The number of hydrogen-bond donors (Lipinski definition) is 0. The molecule has 0 amide bonds. The van der Waals surface area contributed by atoms with Gasteiger partial charge in [0.05, 0.1) is 5.69 Å². The summed E-state index contributed by atoms with van der Waals surface area (Å²) in [6.07, 6.45) is 2.95. The van der Waals surface area contributed by atoms with Crippen LogP contribution in [0.5, 0.6) is 0 Å². The fourth-order valence-corrected chi connectivity index (χ4v) is 3.32. The Morgan fingerprint density at radius 1 is 1.15 bits per heavy atom. The summed E-state index contributed by atoms with van der Waals surface area (Å²) in [6.45, 7) is 6.54. The molecule has 0 saturated heterocycles. The summed E-state index contributed by atoms with van der Waals surface area (Å²) in [4.78, 5) is 8.93. The van der Waals surface area contributed by atoms with E-state index < -0.39 is 0 Å². The summed E-state index contributed by atoms with van der Waals surface area (Å²) in [5.41, 5.74) is 5.96. The van der Waals surface area contributed by atoms with Crippen LogP contribution in [0.1, 0.15) is 30.7 Å². The number of nitrogens with zero attached hydrogens (tertiary/aromatic N) is 3. The molecule has 3 heterocycles. The Bertz CT molecular complexity index is 1170. The highest BCUT2D eigenvalue weighted by atomic mass is 16.3. The summed E-state index contributed by atoms with van der Waals surface area (Å²) in [5, 5.41) is 11.0. The van der Waals surface area contributed by atoms with Crippen molar-refractivity contribution in [2.75, 3.05) is 0 Å². The molecular weight excluding hydrogens is 322 g/mol. The van der Waals surface area contributed by atoms with E-state index in [0.29, 0.717) is 17.3 Å². The molecule has 0 aliphatic carbocycles. The molecule has 26 heavy (non-hydrogen) atoms. The van der Waals surface area contributed by atoms with E-state index in [1.54, 1.807) is 6.07 Å². The number of benzene rings is 1. The van der Waals surface area contributed by atoms with E-state index in [1.807, 2.05) is 30.5 Å². The number of pyridine rings is 2. The first-order valence-corrected chi connectivity index (χ1v) is 8.75. The van der Waals surface area contributed by atoms with Gasteiger partial charge in [-0.25, -0.2) is 4.98 Å². The fraction of sp³-hybridized carbons (Fsp3) is 0.227. The number of hydrogen-bond acceptors (Lipinski definition) is 4. The van der Waals surface area contributed by atoms with Crippen molar-refractivity contribution in [1.29, 1.82) is 5.26 Å². The maximum atomic E-state index is 9.07. The van der Waals surface area contributed by atoms with Gasteiger partial charge in [-0.2, -0.15) is 5.26 Å². The van der Waals surface area contributed by atoms with E-state index in [1.165, 1.54) is 11.1 Å². The summed E-state index contributed by atoms with van der Waals surface area (Å²) < 4.78 is 6.03. The Labute approximate surface area is 152 Å². The molecule has 1 aromatic carbocycles. The van der Waals surface area contributed by atoms with Crippen LogP contribution in [0.15, 0.2) is 47.0 Å². The molecule has 0 N–H and O–H groups in total. The van der Waals surface area contributed by atoms with Crippen LogP contribution in [-0.2, 0) is 6.42 Å². The third-order valence-electron chi connectivity index (χ3n) is 4.60. The fourth-order valence-electron chi connectivity index (χ4n) is 3.32. The monoisotopic (exact) mass is 341 g/mol. The average molecular weight is 341 g/mol. The number of rotatable bonds is 3. The molecule has 128 valence electrons. The van der Waals surface area contributed by atoms with Crippen LogP contribution in [0.25, 0.3) is 33.3 Å². The molecular formula is C22H19N3O. The zero-order valence-corrected chi connectivity index (χ0v) is 15.1. The van der Waals surface area contributed by atoms with E-state index in [2.05, 4.69) is 42.9 Å². The van der Waals surface area contributed by atoms with Gasteiger partial charge >= 0.3 is 0 Å². The first-order chi connectivity index (χ1) is 12.6. The van der Waals surface area contributed by atoms with Crippen molar-refractivity contribution < 1.29 is 4.42 Å². The van der Waals surface area contributed by atoms with E-state index in [4.69, 9.17) is 9.68 Å². The van der Waals surface area contributed by atoms with Crippen molar-refractivity contribution in [1.82, 2.24) is 9.97 Å². The standard InChI is InChI=1S/C22H19N3O/c1-13(2)9-15-10-20(24-12-14(15)3)19-6-4-5-17-18-8-7-16(11-23)25-22(18)26-21(17)19/h4-8,10,12-13H,9H2,1-3H3. The van der Waals surface area contributed by atoms with Gasteiger partial charge < -0.3 is 4.42 Å². The van der Waals surface area contributed by atoms with Gasteiger partial charge in [0.25, 0.3) is 0 Å². The average Bonchev–Trinajstić information content (AvgIpc) is 3.01. The second kappa shape index (κ2) is 6.27. The Balaban J connectivity index is 1.93. The normalized spacial score (nSPS) is 11.3. The van der Waals surface area contributed by atoms with Gasteiger partial charge in [-0.1, -0.05) is 26.0 Å². The molecule has 4 rings (SSSR count). The van der Waals surface area contributed by atoms with Gasteiger partial charge in [-0.3, -0.25) is 4.98 Å². The molecule has 0 aliphatic rings. The molecule has 4 heteroatoms. The van der Waals surface area contributed by atoms with Crippen molar-refractivity contribution in [3.05, 3.63) is 59.4 Å². The SMILES string of the molecule is Cc1cnc(-c2cccc3c2oc2nc(C#N)ccc23)cc1CC(C)C. The highest BCUT2D eigenvalue weighted by Crippen LogP contribution is 2.35. The van der Waals surface area contributed by atoms with Crippen molar-refractivity contribution in [2.45, 2.75) is 27.2 Å². The summed E-state index contributed by atoms with van der Waals surface area (Å²) in [5.74, 6) is 0.583.